The number of ether oxygens (including phenoxy) is 1. The molecule has 0 aromatic carbocycles. The van der Waals surface area contributed by atoms with E-state index in [1.165, 1.54) is 0 Å². The molecule has 1 aromatic heterocycles. The summed E-state index contributed by atoms with van der Waals surface area (Å²) in [5.41, 5.74) is 1.16. The van der Waals surface area contributed by atoms with E-state index in [4.69, 9.17) is 4.74 Å². The zero-order chi connectivity index (χ0) is 14.7. The summed E-state index contributed by atoms with van der Waals surface area (Å²) in [6.45, 7) is 0.804. The number of likely N-dealkylation sites (tertiary alicyclic amines) is 1. The highest BCUT2D eigenvalue weighted by Crippen LogP contribution is 2.29. The molecule has 0 saturated carbocycles. The van der Waals surface area contributed by atoms with E-state index >= 15 is 0 Å². The Kier molecular flexibility index (Phi) is 4.34. The van der Waals surface area contributed by atoms with Crippen LogP contribution in [0, 0.1) is 5.92 Å². The second-order valence-electron chi connectivity index (χ2n) is 5.87. The fourth-order valence-corrected chi connectivity index (χ4v) is 3.43. The Balaban J connectivity index is 1.74. The molecule has 1 fully saturated rings. The van der Waals surface area contributed by atoms with Crippen LogP contribution in [0.1, 0.15) is 24.8 Å². The molecule has 4 heteroatoms. The molecule has 1 aliphatic heterocycles. The van der Waals surface area contributed by atoms with Gasteiger partial charge in [0.1, 0.15) is 0 Å². The minimum absolute atomic E-state index is 0.128. The molecule has 0 bridgehead atoms. The number of nitrogens with zero attached hydrogens (tertiary/aromatic N) is 2. The van der Waals surface area contributed by atoms with Gasteiger partial charge in [0.25, 0.3) is 0 Å². The van der Waals surface area contributed by atoms with Crippen molar-refractivity contribution >= 4 is 5.91 Å². The first-order chi connectivity index (χ1) is 10.3. The van der Waals surface area contributed by atoms with E-state index in [0.717, 1.165) is 37.8 Å². The maximum absolute atomic E-state index is 12.7. The van der Waals surface area contributed by atoms with Gasteiger partial charge < -0.3 is 9.64 Å². The second-order valence-corrected chi connectivity index (χ2v) is 5.87. The van der Waals surface area contributed by atoms with Crippen molar-refractivity contribution in [1.82, 2.24) is 9.88 Å². The van der Waals surface area contributed by atoms with Gasteiger partial charge >= 0.3 is 0 Å². The van der Waals surface area contributed by atoms with Gasteiger partial charge in [-0.2, -0.15) is 0 Å². The van der Waals surface area contributed by atoms with Crippen molar-refractivity contribution in [3.63, 3.8) is 0 Å². The Morgan fingerprint density at radius 3 is 2.90 bits per heavy atom. The molecule has 1 aromatic rings. The molecule has 4 nitrogen and oxygen atoms in total. The molecule has 1 aliphatic carbocycles. The smallest absolute Gasteiger partial charge is 0.226 e. The van der Waals surface area contributed by atoms with Crippen LogP contribution in [0.2, 0.25) is 0 Å². The van der Waals surface area contributed by atoms with Crippen molar-refractivity contribution in [3.8, 4) is 0 Å². The predicted octanol–water partition coefficient (Wildman–Crippen LogP) is 2.21. The first kappa shape index (κ1) is 14.3. The number of carbonyl (C=O) groups excluding carboxylic acids is 1. The third-order valence-corrected chi connectivity index (χ3v) is 4.59. The van der Waals surface area contributed by atoms with Crippen LogP contribution < -0.4 is 0 Å². The van der Waals surface area contributed by atoms with Gasteiger partial charge in [-0.05, 0) is 37.3 Å². The Hall–Kier alpha value is -1.68. The summed E-state index contributed by atoms with van der Waals surface area (Å²) in [4.78, 5) is 18.9. The number of hydrogen-bond donors (Lipinski definition) is 0. The van der Waals surface area contributed by atoms with Gasteiger partial charge in [0.05, 0.1) is 12.1 Å². The van der Waals surface area contributed by atoms with E-state index in [1.54, 1.807) is 13.3 Å². The Morgan fingerprint density at radius 2 is 2.24 bits per heavy atom. The Bertz CT molecular complexity index is 507. The van der Waals surface area contributed by atoms with Gasteiger partial charge in [0.15, 0.2) is 0 Å². The fourth-order valence-electron chi connectivity index (χ4n) is 3.43. The van der Waals surface area contributed by atoms with Crippen LogP contribution in [0.25, 0.3) is 0 Å². The van der Waals surface area contributed by atoms with Gasteiger partial charge in [-0.15, -0.1) is 0 Å². The van der Waals surface area contributed by atoms with Crippen molar-refractivity contribution in [2.45, 2.75) is 37.8 Å². The van der Waals surface area contributed by atoms with Crippen molar-refractivity contribution in [2.75, 3.05) is 13.7 Å². The lowest BCUT2D eigenvalue weighted by Gasteiger charge is -2.29. The van der Waals surface area contributed by atoms with E-state index in [0.29, 0.717) is 0 Å². The average molecular weight is 286 g/mol. The van der Waals surface area contributed by atoms with Gasteiger partial charge in [0.2, 0.25) is 5.91 Å². The van der Waals surface area contributed by atoms with Gasteiger partial charge in [0, 0.05) is 32.0 Å². The van der Waals surface area contributed by atoms with Crippen LogP contribution in [0.3, 0.4) is 0 Å². The molecule has 2 atom stereocenters. The Morgan fingerprint density at radius 1 is 1.43 bits per heavy atom. The van der Waals surface area contributed by atoms with Crippen molar-refractivity contribution in [2.24, 2.45) is 5.92 Å². The molecule has 0 unspecified atom stereocenters. The summed E-state index contributed by atoms with van der Waals surface area (Å²) in [5.74, 6) is 0.422. The lowest BCUT2D eigenvalue weighted by Crippen LogP contribution is -2.44. The number of methoxy groups -OCH3 is 1. The number of amides is 1. The maximum Gasteiger partial charge on any atom is 0.226 e. The standard InChI is InChI=1S/C17H22N2O2/c1-21-16-8-10-19(17(20)14-6-2-3-7-14)15(16)11-13-5-4-9-18-12-13/h2-5,9,12,14-16H,6-8,10-11H2,1H3/t15-,16-/m1/s1. The fraction of sp³-hybridized carbons (Fsp3) is 0.529. The molecular weight excluding hydrogens is 264 g/mol. The summed E-state index contributed by atoms with van der Waals surface area (Å²) in [7, 11) is 1.74. The van der Waals surface area contributed by atoms with E-state index in [9.17, 15) is 4.79 Å². The molecule has 2 heterocycles. The van der Waals surface area contributed by atoms with E-state index in [-0.39, 0.29) is 24.0 Å². The van der Waals surface area contributed by atoms with E-state index in [1.807, 2.05) is 17.2 Å². The summed E-state index contributed by atoms with van der Waals surface area (Å²) in [6.07, 6.45) is 11.5. The SMILES string of the molecule is CO[C@@H]1CCN(C(=O)C2CC=CC2)[C@@H]1Cc1cccnc1. The lowest BCUT2D eigenvalue weighted by atomic mass is 10.0. The predicted molar refractivity (Wildman–Crippen MR) is 80.7 cm³/mol. The maximum atomic E-state index is 12.7. The Labute approximate surface area is 125 Å². The van der Waals surface area contributed by atoms with Crippen molar-refractivity contribution in [1.29, 1.82) is 0 Å². The zero-order valence-corrected chi connectivity index (χ0v) is 12.4. The van der Waals surface area contributed by atoms with Crippen LogP contribution in [0.15, 0.2) is 36.7 Å². The monoisotopic (exact) mass is 286 g/mol. The second kappa shape index (κ2) is 6.39. The van der Waals surface area contributed by atoms with Gasteiger partial charge in [-0.3, -0.25) is 9.78 Å². The normalized spacial score (nSPS) is 25.7. The molecule has 0 spiro atoms. The van der Waals surface area contributed by atoms with Crippen LogP contribution in [-0.4, -0.2) is 41.6 Å². The highest BCUT2D eigenvalue weighted by molar-refractivity contribution is 5.80. The third kappa shape index (κ3) is 3.00. The first-order valence-corrected chi connectivity index (χ1v) is 7.66. The van der Waals surface area contributed by atoms with Crippen molar-refractivity contribution in [3.05, 3.63) is 42.2 Å². The summed E-state index contributed by atoms with van der Waals surface area (Å²) in [5, 5.41) is 0. The van der Waals surface area contributed by atoms with Crippen LogP contribution in [-0.2, 0) is 16.0 Å². The highest BCUT2D eigenvalue weighted by atomic mass is 16.5. The number of allylic oxidation sites excluding steroid dienone is 2. The molecule has 21 heavy (non-hydrogen) atoms. The van der Waals surface area contributed by atoms with Crippen LogP contribution >= 0.6 is 0 Å². The molecular formula is C17H22N2O2. The lowest BCUT2D eigenvalue weighted by molar-refractivity contribution is -0.137. The molecule has 0 radical (unpaired) electrons. The number of aromatic nitrogens is 1. The summed E-state index contributed by atoms with van der Waals surface area (Å²) >= 11 is 0. The number of rotatable bonds is 4. The van der Waals surface area contributed by atoms with Crippen LogP contribution in [0.4, 0.5) is 0 Å². The molecule has 3 rings (SSSR count). The van der Waals surface area contributed by atoms with Crippen molar-refractivity contribution < 1.29 is 9.53 Å². The molecule has 2 aliphatic rings. The first-order valence-electron chi connectivity index (χ1n) is 7.66. The molecule has 112 valence electrons. The van der Waals surface area contributed by atoms with Crippen LogP contribution in [0.5, 0.6) is 0 Å². The third-order valence-electron chi connectivity index (χ3n) is 4.59. The largest absolute Gasteiger partial charge is 0.379 e. The molecule has 0 N–H and O–H groups in total. The molecule has 1 amide bonds. The average Bonchev–Trinajstić information content (AvgIpc) is 3.17. The number of hydrogen-bond acceptors (Lipinski definition) is 3. The number of carbonyl (C=O) groups is 1. The minimum atomic E-state index is 0.128. The summed E-state index contributed by atoms with van der Waals surface area (Å²) < 4.78 is 5.61. The number of pyridine rings is 1. The molecule has 1 saturated heterocycles. The minimum Gasteiger partial charge on any atom is -0.379 e. The van der Waals surface area contributed by atoms with E-state index in [2.05, 4.69) is 23.2 Å². The topological polar surface area (TPSA) is 42.4 Å². The van der Waals surface area contributed by atoms with Gasteiger partial charge in [-0.25, -0.2) is 0 Å². The summed E-state index contributed by atoms with van der Waals surface area (Å²) in [6, 6.07) is 4.14. The van der Waals surface area contributed by atoms with Gasteiger partial charge in [-0.1, -0.05) is 18.2 Å². The highest BCUT2D eigenvalue weighted by Gasteiger charge is 2.39. The van der Waals surface area contributed by atoms with E-state index < -0.39 is 0 Å². The zero-order valence-electron chi connectivity index (χ0n) is 12.4. The quantitative estimate of drug-likeness (QED) is 0.797.